The summed E-state index contributed by atoms with van der Waals surface area (Å²) < 4.78 is 0. The first-order valence-electron chi connectivity index (χ1n) is 3.50. The predicted molar refractivity (Wildman–Crippen MR) is 43.2 cm³/mol. The third kappa shape index (κ3) is 1.26. The molecule has 0 bridgehead atoms. The highest BCUT2D eigenvalue weighted by Crippen LogP contribution is 2.09. The molecule has 54 valence electrons. The molecule has 0 unspecified atom stereocenters. The average molecular weight is 136 g/mol. The van der Waals surface area contributed by atoms with Gasteiger partial charge in [-0.25, -0.2) is 4.98 Å². The Morgan fingerprint density at radius 1 is 1.60 bits per heavy atom. The van der Waals surface area contributed by atoms with E-state index in [2.05, 4.69) is 23.3 Å². The number of aromatic nitrogens is 1. The number of aryl methyl sites for hydroxylation is 1. The van der Waals surface area contributed by atoms with Crippen molar-refractivity contribution in [1.29, 1.82) is 0 Å². The molecule has 0 aliphatic heterocycles. The number of hydrogen-bond acceptors (Lipinski definition) is 2. The standard InChI is InChI=1S/C8H12N2/c1-3-7-5-4-6-10-8(7)9-2/h4-6H,3H2,1-2H3,(H,9,10). The molecule has 0 atom stereocenters. The highest BCUT2D eigenvalue weighted by molar-refractivity contribution is 5.42. The third-order valence-corrected chi connectivity index (χ3v) is 1.51. The quantitative estimate of drug-likeness (QED) is 0.669. The van der Waals surface area contributed by atoms with Crippen molar-refractivity contribution < 1.29 is 0 Å². The lowest BCUT2D eigenvalue weighted by Gasteiger charge is -2.03. The Hall–Kier alpha value is -1.05. The van der Waals surface area contributed by atoms with E-state index in [0.29, 0.717) is 0 Å². The van der Waals surface area contributed by atoms with Gasteiger partial charge in [-0.2, -0.15) is 0 Å². The summed E-state index contributed by atoms with van der Waals surface area (Å²) in [5.74, 6) is 0.991. The fourth-order valence-electron chi connectivity index (χ4n) is 0.949. The van der Waals surface area contributed by atoms with E-state index in [1.165, 1.54) is 5.56 Å². The molecular weight excluding hydrogens is 124 g/mol. The van der Waals surface area contributed by atoms with E-state index >= 15 is 0 Å². The number of nitrogens with zero attached hydrogens (tertiary/aromatic N) is 1. The highest BCUT2D eigenvalue weighted by atomic mass is 15.0. The van der Waals surface area contributed by atoms with Crippen LogP contribution >= 0.6 is 0 Å². The molecule has 0 aromatic carbocycles. The number of nitrogens with one attached hydrogen (secondary N) is 1. The van der Waals surface area contributed by atoms with Gasteiger partial charge in [0.25, 0.3) is 0 Å². The van der Waals surface area contributed by atoms with Crippen molar-refractivity contribution in [3.63, 3.8) is 0 Å². The molecule has 1 heterocycles. The summed E-state index contributed by atoms with van der Waals surface area (Å²) in [6.45, 7) is 2.12. The first-order valence-corrected chi connectivity index (χ1v) is 3.50. The zero-order valence-corrected chi connectivity index (χ0v) is 6.39. The fourth-order valence-corrected chi connectivity index (χ4v) is 0.949. The summed E-state index contributed by atoms with van der Waals surface area (Å²) >= 11 is 0. The maximum absolute atomic E-state index is 4.16. The predicted octanol–water partition coefficient (Wildman–Crippen LogP) is 1.69. The van der Waals surface area contributed by atoms with Gasteiger partial charge in [-0.15, -0.1) is 0 Å². The maximum Gasteiger partial charge on any atom is 0.128 e. The molecule has 0 fully saturated rings. The third-order valence-electron chi connectivity index (χ3n) is 1.51. The van der Waals surface area contributed by atoms with Gasteiger partial charge < -0.3 is 5.32 Å². The zero-order valence-electron chi connectivity index (χ0n) is 6.39. The molecule has 0 aliphatic rings. The molecule has 2 nitrogen and oxygen atoms in total. The number of anilines is 1. The van der Waals surface area contributed by atoms with Gasteiger partial charge in [0.15, 0.2) is 0 Å². The van der Waals surface area contributed by atoms with Gasteiger partial charge in [-0.3, -0.25) is 0 Å². The van der Waals surface area contributed by atoms with E-state index < -0.39 is 0 Å². The van der Waals surface area contributed by atoms with Gasteiger partial charge >= 0.3 is 0 Å². The summed E-state index contributed by atoms with van der Waals surface area (Å²) in [6, 6.07) is 4.04. The molecule has 1 rings (SSSR count). The number of pyridine rings is 1. The molecule has 0 amide bonds. The molecular formula is C8H12N2. The van der Waals surface area contributed by atoms with Gasteiger partial charge in [0.05, 0.1) is 0 Å². The van der Waals surface area contributed by atoms with Crippen LogP contribution in [-0.4, -0.2) is 12.0 Å². The summed E-state index contributed by atoms with van der Waals surface area (Å²) in [5.41, 5.74) is 1.27. The van der Waals surface area contributed by atoms with Crippen LogP contribution in [0.3, 0.4) is 0 Å². The maximum atomic E-state index is 4.16. The van der Waals surface area contributed by atoms with Crippen molar-refractivity contribution in [3.05, 3.63) is 23.9 Å². The van der Waals surface area contributed by atoms with Crippen LogP contribution in [0, 0.1) is 0 Å². The van der Waals surface area contributed by atoms with E-state index in [1.807, 2.05) is 13.1 Å². The van der Waals surface area contributed by atoms with Gasteiger partial charge in [0, 0.05) is 13.2 Å². The Kier molecular flexibility index (Phi) is 2.26. The second-order valence-electron chi connectivity index (χ2n) is 2.11. The second kappa shape index (κ2) is 3.20. The lowest BCUT2D eigenvalue weighted by Crippen LogP contribution is -1.96. The van der Waals surface area contributed by atoms with Crippen molar-refractivity contribution in [2.45, 2.75) is 13.3 Å². The van der Waals surface area contributed by atoms with Crippen LogP contribution in [0.5, 0.6) is 0 Å². The molecule has 0 saturated heterocycles. The zero-order chi connectivity index (χ0) is 7.40. The average Bonchev–Trinajstić information content (AvgIpc) is 2.04. The first-order chi connectivity index (χ1) is 4.88. The SMILES string of the molecule is CCc1cccnc1NC. The van der Waals surface area contributed by atoms with Crippen molar-refractivity contribution in [2.24, 2.45) is 0 Å². The minimum absolute atomic E-state index is 0.991. The molecule has 1 aromatic heterocycles. The number of rotatable bonds is 2. The second-order valence-corrected chi connectivity index (χ2v) is 2.11. The van der Waals surface area contributed by atoms with Gasteiger partial charge in [-0.1, -0.05) is 13.0 Å². The Balaban J connectivity index is 2.96. The Labute approximate surface area is 61.3 Å². The summed E-state index contributed by atoms with van der Waals surface area (Å²) in [7, 11) is 1.89. The van der Waals surface area contributed by atoms with Gasteiger partial charge in [0.1, 0.15) is 5.82 Å². The lowest BCUT2D eigenvalue weighted by molar-refractivity contribution is 1.10. The lowest BCUT2D eigenvalue weighted by atomic mass is 10.2. The van der Waals surface area contributed by atoms with Crippen LogP contribution in [0.1, 0.15) is 12.5 Å². The minimum atomic E-state index is 0.991. The van der Waals surface area contributed by atoms with Crippen LogP contribution in [0.25, 0.3) is 0 Å². The van der Waals surface area contributed by atoms with Crippen molar-refractivity contribution in [1.82, 2.24) is 4.98 Å². The number of hydrogen-bond donors (Lipinski definition) is 1. The van der Waals surface area contributed by atoms with Gasteiger partial charge in [0.2, 0.25) is 0 Å². The molecule has 0 radical (unpaired) electrons. The van der Waals surface area contributed by atoms with Crippen molar-refractivity contribution >= 4 is 5.82 Å². The van der Waals surface area contributed by atoms with Crippen molar-refractivity contribution in [3.8, 4) is 0 Å². The van der Waals surface area contributed by atoms with E-state index in [-0.39, 0.29) is 0 Å². The minimum Gasteiger partial charge on any atom is -0.373 e. The molecule has 1 aromatic rings. The monoisotopic (exact) mass is 136 g/mol. The molecule has 10 heavy (non-hydrogen) atoms. The fraction of sp³-hybridized carbons (Fsp3) is 0.375. The van der Waals surface area contributed by atoms with Crippen LogP contribution in [0.4, 0.5) is 5.82 Å². The topological polar surface area (TPSA) is 24.9 Å². The van der Waals surface area contributed by atoms with Crippen LogP contribution in [0.2, 0.25) is 0 Å². The van der Waals surface area contributed by atoms with E-state index in [0.717, 1.165) is 12.2 Å². The smallest absolute Gasteiger partial charge is 0.128 e. The first kappa shape index (κ1) is 7.06. The van der Waals surface area contributed by atoms with E-state index in [9.17, 15) is 0 Å². The summed E-state index contributed by atoms with van der Waals surface area (Å²) in [6.07, 6.45) is 2.83. The molecule has 0 spiro atoms. The summed E-state index contributed by atoms with van der Waals surface area (Å²) in [4.78, 5) is 4.16. The Bertz CT molecular complexity index is 185. The normalized spacial score (nSPS) is 9.40. The Morgan fingerprint density at radius 3 is 2.90 bits per heavy atom. The van der Waals surface area contributed by atoms with Crippen LogP contribution < -0.4 is 5.32 Å². The Morgan fingerprint density at radius 2 is 2.40 bits per heavy atom. The summed E-state index contributed by atoms with van der Waals surface area (Å²) in [5, 5.41) is 3.04. The van der Waals surface area contributed by atoms with Gasteiger partial charge in [-0.05, 0) is 18.1 Å². The molecule has 2 heteroatoms. The van der Waals surface area contributed by atoms with Crippen LogP contribution in [0.15, 0.2) is 18.3 Å². The highest BCUT2D eigenvalue weighted by Gasteiger charge is 1.95. The largest absolute Gasteiger partial charge is 0.373 e. The van der Waals surface area contributed by atoms with Crippen molar-refractivity contribution in [2.75, 3.05) is 12.4 Å². The van der Waals surface area contributed by atoms with E-state index in [1.54, 1.807) is 6.20 Å². The molecule has 0 aliphatic carbocycles. The van der Waals surface area contributed by atoms with E-state index in [4.69, 9.17) is 0 Å². The molecule has 0 saturated carbocycles. The molecule has 1 N–H and O–H groups in total. The van der Waals surface area contributed by atoms with Crippen LogP contribution in [-0.2, 0) is 6.42 Å².